The number of fused-ring (bicyclic) bond motifs is 6. The number of hydrogen-bond donors (Lipinski definition) is 1. The number of benzene rings is 3. The molecule has 3 aromatic carbocycles. The van der Waals surface area contributed by atoms with Crippen LogP contribution in [0, 0.1) is 12.8 Å². The minimum atomic E-state index is -0.751. The lowest BCUT2D eigenvalue weighted by Crippen LogP contribution is -2.16. The average molecular weight is 374 g/mol. The van der Waals surface area contributed by atoms with Gasteiger partial charge in [0.2, 0.25) is 0 Å². The van der Waals surface area contributed by atoms with E-state index in [1.807, 2.05) is 31.2 Å². The normalized spacial score (nSPS) is 22.3. The number of aromatic hydroxyl groups is 1. The number of ether oxygens (including phenoxy) is 2. The standard InChI is InChI=1S/C24H22O4/c1-13-7-6-10-18-19(13)23(28-24(26)27-15-8-4-3-5-9-15)21-17-12-11-16(14(17)2)20(21)22(18)25/h3-10,14,16-17,25H,11-12H2,1-2H3. The van der Waals surface area contributed by atoms with E-state index in [2.05, 4.69) is 6.92 Å². The van der Waals surface area contributed by atoms with E-state index in [0.717, 1.165) is 40.3 Å². The predicted octanol–water partition coefficient (Wildman–Crippen LogP) is 6.04. The number of rotatable bonds is 2. The molecule has 5 rings (SSSR count). The van der Waals surface area contributed by atoms with Crippen LogP contribution in [0.3, 0.4) is 0 Å². The van der Waals surface area contributed by atoms with Gasteiger partial charge in [-0.05, 0) is 55.2 Å². The first kappa shape index (κ1) is 17.1. The zero-order valence-corrected chi connectivity index (χ0v) is 15.9. The molecule has 4 nitrogen and oxygen atoms in total. The Morgan fingerprint density at radius 3 is 2.43 bits per heavy atom. The molecule has 4 heteroatoms. The lowest BCUT2D eigenvalue weighted by Gasteiger charge is -2.23. The summed E-state index contributed by atoms with van der Waals surface area (Å²) in [7, 11) is 0. The molecule has 2 aliphatic rings. The van der Waals surface area contributed by atoms with E-state index in [9.17, 15) is 9.90 Å². The molecule has 1 N–H and O–H groups in total. The molecule has 142 valence electrons. The Morgan fingerprint density at radius 2 is 1.68 bits per heavy atom. The lowest BCUT2D eigenvalue weighted by molar-refractivity contribution is 0.152. The summed E-state index contributed by atoms with van der Waals surface area (Å²) in [4.78, 5) is 12.6. The maximum absolute atomic E-state index is 12.6. The second-order valence-corrected chi connectivity index (χ2v) is 7.92. The Balaban J connectivity index is 1.66. The molecule has 3 unspecified atom stereocenters. The lowest BCUT2D eigenvalue weighted by atomic mass is 9.86. The number of aryl methyl sites for hydroxylation is 1. The van der Waals surface area contributed by atoms with E-state index in [1.165, 1.54) is 0 Å². The van der Waals surface area contributed by atoms with Crippen molar-refractivity contribution in [1.82, 2.24) is 0 Å². The zero-order chi connectivity index (χ0) is 19.4. The zero-order valence-electron chi connectivity index (χ0n) is 15.9. The first-order valence-corrected chi connectivity index (χ1v) is 9.79. The summed E-state index contributed by atoms with van der Waals surface area (Å²) in [6.07, 6.45) is 1.37. The highest BCUT2D eigenvalue weighted by Gasteiger charge is 2.48. The molecule has 0 heterocycles. The van der Waals surface area contributed by atoms with Gasteiger partial charge in [-0.1, -0.05) is 43.3 Å². The number of phenolic OH excluding ortho intramolecular Hbond substituents is 1. The summed E-state index contributed by atoms with van der Waals surface area (Å²) in [5.74, 6) is 2.40. The van der Waals surface area contributed by atoms with Gasteiger partial charge in [0.05, 0.1) is 0 Å². The van der Waals surface area contributed by atoms with Crippen LogP contribution in [0.1, 0.15) is 48.3 Å². The van der Waals surface area contributed by atoms with Gasteiger partial charge in [0.25, 0.3) is 0 Å². The molecule has 2 bridgehead atoms. The smallest absolute Gasteiger partial charge is 0.507 e. The molecule has 0 radical (unpaired) electrons. The van der Waals surface area contributed by atoms with Gasteiger partial charge < -0.3 is 14.6 Å². The minimum Gasteiger partial charge on any atom is -0.507 e. The summed E-state index contributed by atoms with van der Waals surface area (Å²) in [6, 6.07) is 14.7. The first-order valence-electron chi connectivity index (χ1n) is 9.79. The van der Waals surface area contributed by atoms with Crippen LogP contribution in [-0.4, -0.2) is 11.3 Å². The molecule has 1 saturated carbocycles. The van der Waals surface area contributed by atoms with Crippen LogP contribution in [0.5, 0.6) is 17.2 Å². The van der Waals surface area contributed by atoms with Crippen LogP contribution in [0.2, 0.25) is 0 Å². The summed E-state index contributed by atoms with van der Waals surface area (Å²) in [5.41, 5.74) is 2.92. The maximum atomic E-state index is 12.6. The average Bonchev–Trinajstić information content (AvgIpc) is 3.19. The minimum absolute atomic E-state index is 0.300. The second-order valence-electron chi connectivity index (χ2n) is 7.92. The maximum Gasteiger partial charge on any atom is 0.519 e. The quantitative estimate of drug-likeness (QED) is 0.439. The molecular weight excluding hydrogens is 352 g/mol. The molecule has 0 aromatic heterocycles. The second kappa shape index (κ2) is 6.26. The molecular formula is C24H22O4. The van der Waals surface area contributed by atoms with Crippen molar-refractivity contribution in [3.63, 3.8) is 0 Å². The van der Waals surface area contributed by atoms with Crippen LogP contribution in [0.25, 0.3) is 10.8 Å². The number of carbonyl (C=O) groups excluding carboxylic acids is 1. The summed E-state index contributed by atoms with van der Waals surface area (Å²) in [6.45, 7) is 4.20. The van der Waals surface area contributed by atoms with E-state index in [-0.39, 0.29) is 0 Å². The highest BCUT2D eigenvalue weighted by molar-refractivity contribution is 6.00. The van der Waals surface area contributed by atoms with Crippen molar-refractivity contribution in [3.05, 3.63) is 65.2 Å². The van der Waals surface area contributed by atoms with Crippen molar-refractivity contribution in [1.29, 1.82) is 0 Å². The Morgan fingerprint density at radius 1 is 0.964 bits per heavy atom. The molecule has 0 aliphatic heterocycles. The van der Waals surface area contributed by atoms with Gasteiger partial charge in [-0.25, -0.2) is 4.79 Å². The predicted molar refractivity (Wildman–Crippen MR) is 107 cm³/mol. The van der Waals surface area contributed by atoms with E-state index >= 15 is 0 Å². The first-order chi connectivity index (χ1) is 13.6. The van der Waals surface area contributed by atoms with E-state index in [1.54, 1.807) is 24.3 Å². The molecule has 28 heavy (non-hydrogen) atoms. The van der Waals surface area contributed by atoms with Crippen molar-refractivity contribution >= 4 is 16.9 Å². The highest BCUT2D eigenvalue weighted by Crippen LogP contribution is 2.63. The molecule has 0 saturated heterocycles. The molecule has 1 fully saturated rings. The number of hydrogen-bond acceptors (Lipinski definition) is 4. The Labute approximate surface area is 163 Å². The third-order valence-electron chi connectivity index (χ3n) is 6.47. The van der Waals surface area contributed by atoms with Gasteiger partial charge in [-0.3, -0.25) is 0 Å². The summed E-state index contributed by atoms with van der Waals surface area (Å²) >= 11 is 0. The SMILES string of the molecule is Cc1cccc2c(O)c3c(c(OC(=O)Oc4ccccc4)c12)C1CCC3C1C. The monoisotopic (exact) mass is 374 g/mol. The molecule has 0 amide bonds. The van der Waals surface area contributed by atoms with Crippen LogP contribution < -0.4 is 9.47 Å². The van der Waals surface area contributed by atoms with Gasteiger partial charge in [-0.2, -0.15) is 0 Å². The molecule has 2 aliphatic carbocycles. The van der Waals surface area contributed by atoms with Gasteiger partial charge in [0, 0.05) is 21.9 Å². The number of phenols is 1. The fraction of sp³-hybridized carbons (Fsp3) is 0.292. The molecule has 3 aromatic rings. The molecule has 0 spiro atoms. The summed E-state index contributed by atoms with van der Waals surface area (Å²) < 4.78 is 11.2. The van der Waals surface area contributed by atoms with Gasteiger partial charge in [-0.15, -0.1) is 0 Å². The van der Waals surface area contributed by atoms with Crippen molar-refractivity contribution in [2.75, 3.05) is 0 Å². The van der Waals surface area contributed by atoms with E-state index in [4.69, 9.17) is 9.47 Å². The third-order valence-corrected chi connectivity index (χ3v) is 6.47. The topological polar surface area (TPSA) is 55.8 Å². The van der Waals surface area contributed by atoms with Crippen LogP contribution >= 0.6 is 0 Å². The van der Waals surface area contributed by atoms with Crippen molar-refractivity contribution in [3.8, 4) is 17.2 Å². The van der Waals surface area contributed by atoms with Crippen LogP contribution in [-0.2, 0) is 0 Å². The van der Waals surface area contributed by atoms with Gasteiger partial charge >= 0.3 is 6.16 Å². The van der Waals surface area contributed by atoms with Gasteiger partial charge in [0.1, 0.15) is 17.2 Å². The van der Waals surface area contributed by atoms with Crippen molar-refractivity contribution in [2.24, 2.45) is 5.92 Å². The van der Waals surface area contributed by atoms with Crippen LogP contribution in [0.4, 0.5) is 4.79 Å². The molecule has 3 atom stereocenters. The van der Waals surface area contributed by atoms with E-state index < -0.39 is 6.16 Å². The van der Waals surface area contributed by atoms with Gasteiger partial charge in [0.15, 0.2) is 0 Å². The number of para-hydroxylation sites is 1. The van der Waals surface area contributed by atoms with E-state index in [0.29, 0.717) is 35.0 Å². The van der Waals surface area contributed by atoms with Crippen molar-refractivity contribution in [2.45, 2.75) is 38.5 Å². The number of carbonyl (C=O) groups is 1. The fourth-order valence-electron chi connectivity index (χ4n) is 5.21. The Bertz CT molecular complexity index is 1090. The third kappa shape index (κ3) is 2.40. The largest absolute Gasteiger partial charge is 0.519 e. The van der Waals surface area contributed by atoms with Crippen LogP contribution in [0.15, 0.2) is 48.5 Å². The summed E-state index contributed by atoms with van der Waals surface area (Å²) in [5, 5.41) is 12.6. The highest BCUT2D eigenvalue weighted by atomic mass is 16.7. The van der Waals surface area contributed by atoms with Crippen molar-refractivity contribution < 1.29 is 19.4 Å². The Kier molecular flexibility index (Phi) is 3.83. The fourth-order valence-corrected chi connectivity index (χ4v) is 5.21. The Hall–Kier alpha value is -3.01.